The first kappa shape index (κ1) is 14.9. The molecule has 124 valence electrons. The molecule has 2 atom stereocenters. The molecule has 2 aromatic rings. The summed E-state index contributed by atoms with van der Waals surface area (Å²) in [6.45, 7) is 1.15. The van der Waals surface area contributed by atoms with E-state index in [0.29, 0.717) is 24.7 Å². The van der Waals surface area contributed by atoms with Gasteiger partial charge in [-0.05, 0) is 42.2 Å². The molecule has 1 amide bonds. The van der Waals surface area contributed by atoms with Crippen LogP contribution in [0.25, 0.3) is 0 Å². The highest BCUT2D eigenvalue weighted by atomic mass is 16.6. The van der Waals surface area contributed by atoms with Crippen molar-refractivity contribution in [2.45, 2.75) is 12.3 Å². The Balaban J connectivity index is 1.45. The Bertz CT molecular complexity index is 774. The summed E-state index contributed by atoms with van der Waals surface area (Å²) in [6, 6.07) is 13.4. The van der Waals surface area contributed by atoms with Crippen LogP contribution in [0.5, 0.6) is 17.2 Å². The fourth-order valence-electron chi connectivity index (χ4n) is 3.12. The van der Waals surface area contributed by atoms with Crippen molar-refractivity contribution in [3.8, 4) is 17.2 Å². The fraction of sp³-hybridized carbons (Fsp3) is 0.316. The maximum absolute atomic E-state index is 12.5. The Hall–Kier alpha value is -2.69. The number of ether oxygens (including phenoxy) is 3. The van der Waals surface area contributed by atoms with Gasteiger partial charge in [0.05, 0.1) is 12.8 Å². The monoisotopic (exact) mass is 325 g/mol. The molecule has 1 aliphatic carbocycles. The lowest BCUT2D eigenvalue weighted by atomic mass is 10.1. The molecule has 0 saturated heterocycles. The number of para-hydroxylation sites is 2. The van der Waals surface area contributed by atoms with E-state index in [1.54, 1.807) is 7.11 Å². The number of carbonyl (C=O) groups excluding carboxylic acids is 1. The number of hydrogen-bond acceptors (Lipinski definition) is 4. The number of carbonyl (C=O) groups is 1. The lowest BCUT2D eigenvalue weighted by Crippen LogP contribution is -2.16. The lowest BCUT2D eigenvalue weighted by molar-refractivity contribution is -0.117. The van der Waals surface area contributed by atoms with Crippen molar-refractivity contribution in [2.75, 3.05) is 25.6 Å². The van der Waals surface area contributed by atoms with Crippen molar-refractivity contribution < 1.29 is 19.0 Å². The first-order chi connectivity index (χ1) is 11.8. The quantitative estimate of drug-likeness (QED) is 0.938. The fourth-order valence-corrected chi connectivity index (χ4v) is 3.12. The van der Waals surface area contributed by atoms with E-state index in [4.69, 9.17) is 14.2 Å². The number of nitrogens with one attached hydrogen (secondary N) is 1. The van der Waals surface area contributed by atoms with Gasteiger partial charge in [0.2, 0.25) is 5.91 Å². The van der Waals surface area contributed by atoms with E-state index in [-0.39, 0.29) is 17.7 Å². The van der Waals surface area contributed by atoms with E-state index in [0.717, 1.165) is 23.5 Å². The molecule has 1 aliphatic heterocycles. The average molecular weight is 325 g/mol. The number of anilines is 1. The third-order valence-electron chi connectivity index (χ3n) is 4.49. The maximum Gasteiger partial charge on any atom is 0.228 e. The second-order valence-electron chi connectivity index (χ2n) is 6.04. The highest BCUT2D eigenvalue weighted by Gasteiger charge is 2.44. The first-order valence-corrected chi connectivity index (χ1v) is 8.09. The predicted molar refractivity (Wildman–Crippen MR) is 89.9 cm³/mol. The maximum atomic E-state index is 12.5. The summed E-state index contributed by atoms with van der Waals surface area (Å²) in [5.74, 6) is 2.46. The summed E-state index contributed by atoms with van der Waals surface area (Å²) < 4.78 is 16.4. The van der Waals surface area contributed by atoms with Gasteiger partial charge < -0.3 is 19.5 Å². The highest BCUT2D eigenvalue weighted by molar-refractivity contribution is 5.96. The number of hydrogen-bond donors (Lipinski definition) is 1. The number of rotatable bonds is 4. The van der Waals surface area contributed by atoms with Crippen LogP contribution in [0.3, 0.4) is 0 Å². The molecule has 0 aromatic heterocycles. The van der Waals surface area contributed by atoms with E-state index in [9.17, 15) is 4.79 Å². The normalized spacial score (nSPS) is 21.0. The van der Waals surface area contributed by atoms with Gasteiger partial charge in [-0.15, -0.1) is 0 Å². The summed E-state index contributed by atoms with van der Waals surface area (Å²) in [5, 5.41) is 2.97. The Kier molecular flexibility index (Phi) is 3.76. The highest BCUT2D eigenvalue weighted by Crippen LogP contribution is 2.50. The second kappa shape index (κ2) is 6.07. The molecule has 4 rings (SSSR count). The van der Waals surface area contributed by atoms with Crippen LogP contribution in [0.1, 0.15) is 17.9 Å². The van der Waals surface area contributed by atoms with Crippen LogP contribution in [-0.2, 0) is 4.79 Å². The minimum Gasteiger partial charge on any atom is -0.495 e. The van der Waals surface area contributed by atoms with Gasteiger partial charge in [-0.3, -0.25) is 4.79 Å². The van der Waals surface area contributed by atoms with Gasteiger partial charge in [-0.25, -0.2) is 0 Å². The lowest BCUT2D eigenvalue weighted by Gasteiger charge is -2.18. The summed E-state index contributed by atoms with van der Waals surface area (Å²) in [5.41, 5.74) is 1.83. The van der Waals surface area contributed by atoms with E-state index in [1.807, 2.05) is 42.5 Å². The number of fused-ring (bicyclic) bond motifs is 1. The van der Waals surface area contributed by atoms with Gasteiger partial charge in [0.1, 0.15) is 19.0 Å². The topological polar surface area (TPSA) is 56.8 Å². The largest absolute Gasteiger partial charge is 0.495 e. The Morgan fingerprint density at radius 2 is 1.92 bits per heavy atom. The molecule has 1 heterocycles. The van der Waals surface area contributed by atoms with E-state index in [2.05, 4.69) is 5.32 Å². The number of benzene rings is 2. The molecule has 0 spiro atoms. The molecule has 5 nitrogen and oxygen atoms in total. The second-order valence-corrected chi connectivity index (χ2v) is 6.04. The predicted octanol–water partition coefficient (Wildman–Crippen LogP) is 3.21. The Morgan fingerprint density at radius 1 is 1.12 bits per heavy atom. The first-order valence-electron chi connectivity index (χ1n) is 8.09. The molecular formula is C19H19NO4. The minimum absolute atomic E-state index is 0.0162. The summed E-state index contributed by atoms with van der Waals surface area (Å²) in [4.78, 5) is 12.5. The SMILES string of the molecule is COc1ccccc1NC(=O)[C@H]1C[C@H]1c1ccc2c(c1)OCCO2. The van der Waals surface area contributed by atoms with Crippen molar-refractivity contribution >= 4 is 11.6 Å². The smallest absolute Gasteiger partial charge is 0.228 e. The summed E-state index contributed by atoms with van der Waals surface area (Å²) in [7, 11) is 1.60. The zero-order chi connectivity index (χ0) is 16.5. The summed E-state index contributed by atoms with van der Waals surface area (Å²) in [6.07, 6.45) is 0.848. The van der Waals surface area contributed by atoms with Gasteiger partial charge >= 0.3 is 0 Å². The van der Waals surface area contributed by atoms with Crippen molar-refractivity contribution in [2.24, 2.45) is 5.92 Å². The summed E-state index contributed by atoms with van der Waals surface area (Å²) >= 11 is 0. The molecule has 1 saturated carbocycles. The van der Waals surface area contributed by atoms with Gasteiger partial charge in [-0.2, -0.15) is 0 Å². The number of amides is 1. The van der Waals surface area contributed by atoms with Crippen LogP contribution in [0.15, 0.2) is 42.5 Å². The van der Waals surface area contributed by atoms with Crippen LogP contribution in [0.4, 0.5) is 5.69 Å². The van der Waals surface area contributed by atoms with Crippen LogP contribution < -0.4 is 19.5 Å². The van der Waals surface area contributed by atoms with Gasteiger partial charge in [0.15, 0.2) is 11.5 Å². The van der Waals surface area contributed by atoms with E-state index >= 15 is 0 Å². The van der Waals surface area contributed by atoms with E-state index in [1.165, 1.54) is 0 Å². The molecular weight excluding hydrogens is 306 g/mol. The Morgan fingerprint density at radius 3 is 2.75 bits per heavy atom. The molecule has 0 unspecified atom stereocenters. The van der Waals surface area contributed by atoms with Gasteiger partial charge in [-0.1, -0.05) is 18.2 Å². The molecule has 0 bridgehead atoms. The van der Waals surface area contributed by atoms with Crippen LogP contribution in [0, 0.1) is 5.92 Å². The van der Waals surface area contributed by atoms with Crippen LogP contribution >= 0.6 is 0 Å². The molecule has 0 radical (unpaired) electrons. The molecule has 24 heavy (non-hydrogen) atoms. The molecule has 2 aliphatic rings. The van der Waals surface area contributed by atoms with Crippen molar-refractivity contribution in [3.63, 3.8) is 0 Å². The third-order valence-corrected chi connectivity index (χ3v) is 4.49. The minimum atomic E-state index is -0.0162. The zero-order valence-electron chi connectivity index (χ0n) is 13.5. The number of methoxy groups -OCH3 is 1. The van der Waals surface area contributed by atoms with Crippen LogP contribution in [0.2, 0.25) is 0 Å². The zero-order valence-corrected chi connectivity index (χ0v) is 13.5. The molecule has 1 N–H and O–H groups in total. The van der Waals surface area contributed by atoms with Gasteiger partial charge in [0.25, 0.3) is 0 Å². The van der Waals surface area contributed by atoms with Gasteiger partial charge in [0, 0.05) is 5.92 Å². The molecule has 2 aromatic carbocycles. The van der Waals surface area contributed by atoms with Crippen molar-refractivity contribution in [1.82, 2.24) is 0 Å². The molecule has 1 fully saturated rings. The average Bonchev–Trinajstić information content (AvgIpc) is 3.43. The van der Waals surface area contributed by atoms with Crippen molar-refractivity contribution in [3.05, 3.63) is 48.0 Å². The van der Waals surface area contributed by atoms with E-state index < -0.39 is 0 Å². The Labute approximate surface area is 140 Å². The van der Waals surface area contributed by atoms with Crippen molar-refractivity contribution in [1.29, 1.82) is 0 Å². The van der Waals surface area contributed by atoms with Crippen LogP contribution in [-0.4, -0.2) is 26.2 Å². The standard InChI is InChI=1S/C19H19NO4/c1-22-16-5-3-2-4-15(16)20-19(21)14-11-13(14)12-6-7-17-18(10-12)24-9-8-23-17/h2-7,10,13-14H,8-9,11H2,1H3,(H,20,21)/t13-,14-/m0/s1. The molecule has 5 heteroatoms. The third kappa shape index (κ3) is 2.77.